The summed E-state index contributed by atoms with van der Waals surface area (Å²) in [6.45, 7) is 7.05. The first kappa shape index (κ1) is 16.2. The number of nitrogens with one attached hydrogen (secondary N) is 1. The van der Waals surface area contributed by atoms with Gasteiger partial charge < -0.3 is 9.73 Å². The standard InChI is InChI=1S/C20H23N3O/c1-14(2)17-11-7-8-15(3)20(17)21-13-19-23-22-18(24-19)12-16-9-5-4-6-10-16/h4-11,14,21H,12-13H2,1-3H3. The molecule has 0 saturated carbocycles. The second-order valence-electron chi connectivity index (χ2n) is 6.30. The lowest BCUT2D eigenvalue weighted by molar-refractivity contribution is 0.464. The molecule has 2 aromatic carbocycles. The summed E-state index contributed by atoms with van der Waals surface area (Å²) in [6, 6.07) is 16.5. The zero-order valence-corrected chi connectivity index (χ0v) is 14.4. The van der Waals surface area contributed by atoms with E-state index in [2.05, 4.69) is 66.6 Å². The minimum atomic E-state index is 0.462. The van der Waals surface area contributed by atoms with Crippen LogP contribution in [0.4, 0.5) is 5.69 Å². The van der Waals surface area contributed by atoms with Gasteiger partial charge in [-0.3, -0.25) is 0 Å². The Kier molecular flexibility index (Phi) is 4.94. The van der Waals surface area contributed by atoms with E-state index in [1.807, 2.05) is 18.2 Å². The molecule has 0 unspecified atom stereocenters. The van der Waals surface area contributed by atoms with Gasteiger partial charge in [0.1, 0.15) is 0 Å². The van der Waals surface area contributed by atoms with Gasteiger partial charge in [-0.05, 0) is 29.5 Å². The molecule has 1 N–H and O–H groups in total. The number of benzene rings is 2. The molecule has 0 aliphatic rings. The average Bonchev–Trinajstić information content (AvgIpc) is 3.01. The highest BCUT2D eigenvalue weighted by Crippen LogP contribution is 2.27. The van der Waals surface area contributed by atoms with Crippen LogP contribution in [0.1, 0.15) is 48.2 Å². The van der Waals surface area contributed by atoms with E-state index in [1.165, 1.54) is 16.7 Å². The van der Waals surface area contributed by atoms with Gasteiger partial charge in [0.2, 0.25) is 11.8 Å². The minimum absolute atomic E-state index is 0.462. The third kappa shape index (κ3) is 3.82. The van der Waals surface area contributed by atoms with E-state index in [0.717, 1.165) is 5.69 Å². The fourth-order valence-corrected chi connectivity index (χ4v) is 2.78. The molecule has 124 valence electrons. The predicted octanol–water partition coefficient (Wildman–Crippen LogP) is 4.70. The van der Waals surface area contributed by atoms with Gasteiger partial charge in [0.15, 0.2) is 0 Å². The maximum Gasteiger partial charge on any atom is 0.235 e. The first-order valence-electron chi connectivity index (χ1n) is 8.32. The van der Waals surface area contributed by atoms with Gasteiger partial charge in [-0.25, -0.2) is 0 Å². The van der Waals surface area contributed by atoms with Crippen molar-refractivity contribution in [2.45, 2.75) is 39.7 Å². The molecule has 0 fully saturated rings. The van der Waals surface area contributed by atoms with Crippen LogP contribution in [-0.4, -0.2) is 10.2 Å². The van der Waals surface area contributed by atoms with Crippen molar-refractivity contribution in [2.75, 3.05) is 5.32 Å². The largest absolute Gasteiger partial charge is 0.423 e. The highest BCUT2D eigenvalue weighted by Gasteiger charge is 2.11. The molecule has 0 bridgehead atoms. The zero-order valence-electron chi connectivity index (χ0n) is 14.4. The number of hydrogen-bond acceptors (Lipinski definition) is 4. The Morgan fingerprint density at radius 1 is 0.958 bits per heavy atom. The highest BCUT2D eigenvalue weighted by atomic mass is 16.4. The lowest BCUT2D eigenvalue weighted by atomic mass is 9.98. The van der Waals surface area contributed by atoms with Crippen LogP contribution >= 0.6 is 0 Å². The molecule has 0 spiro atoms. The molecule has 1 heterocycles. The summed E-state index contributed by atoms with van der Waals surface area (Å²) < 4.78 is 5.76. The lowest BCUT2D eigenvalue weighted by Crippen LogP contribution is -2.05. The van der Waals surface area contributed by atoms with Crippen LogP contribution in [0.2, 0.25) is 0 Å². The topological polar surface area (TPSA) is 51.0 Å². The average molecular weight is 321 g/mol. The number of anilines is 1. The molecule has 3 aromatic rings. The Balaban J connectivity index is 1.68. The number of hydrogen-bond donors (Lipinski definition) is 1. The summed E-state index contributed by atoms with van der Waals surface area (Å²) in [4.78, 5) is 0. The van der Waals surface area contributed by atoms with Crippen LogP contribution < -0.4 is 5.32 Å². The van der Waals surface area contributed by atoms with Crippen molar-refractivity contribution >= 4 is 5.69 Å². The smallest absolute Gasteiger partial charge is 0.235 e. The quantitative estimate of drug-likeness (QED) is 0.714. The molecule has 0 atom stereocenters. The van der Waals surface area contributed by atoms with Crippen LogP contribution in [0.3, 0.4) is 0 Å². The minimum Gasteiger partial charge on any atom is -0.423 e. The van der Waals surface area contributed by atoms with Crippen molar-refractivity contribution in [1.82, 2.24) is 10.2 Å². The van der Waals surface area contributed by atoms with E-state index < -0.39 is 0 Å². The number of nitrogens with zero attached hydrogens (tertiary/aromatic N) is 2. The van der Waals surface area contributed by atoms with E-state index >= 15 is 0 Å². The van der Waals surface area contributed by atoms with Gasteiger partial charge in [0.25, 0.3) is 0 Å². The molecule has 3 rings (SSSR count). The van der Waals surface area contributed by atoms with Crippen molar-refractivity contribution in [2.24, 2.45) is 0 Å². The molecule has 0 radical (unpaired) electrons. The summed E-state index contributed by atoms with van der Waals surface area (Å²) >= 11 is 0. The third-order valence-electron chi connectivity index (χ3n) is 4.05. The number of para-hydroxylation sites is 1. The Bertz CT molecular complexity index is 794. The van der Waals surface area contributed by atoms with Crippen LogP contribution in [0.25, 0.3) is 0 Å². The van der Waals surface area contributed by atoms with Gasteiger partial charge in [0.05, 0.1) is 13.0 Å². The number of aryl methyl sites for hydroxylation is 1. The van der Waals surface area contributed by atoms with Gasteiger partial charge in [-0.15, -0.1) is 10.2 Å². The van der Waals surface area contributed by atoms with Gasteiger partial charge in [0, 0.05) is 5.69 Å². The maximum atomic E-state index is 5.76. The van der Waals surface area contributed by atoms with Crippen molar-refractivity contribution in [3.05, 3.63) is 77.0 Å². The number of aromatic nitrogens is 2. The van der Waals surface area contributed by atoms with E-state index in [9.17, 15) is 0 Å². The van der Waals surface area contributed by atoms with Crippen LogP contribution in [0.5, 0.6) is 0 Å². The maximum absolute atomic E-state index is 5.76. The predicted molar refractivity (Wildman–Crippen MR) is 96.1 cm³/mol. The highest BCUT2D eigenvalue weighted by molar-refractivity contribution is 5.58. The van der Waals surface area contributed by atoms with E-state index in [-0.39, 0.29) is 0 Å². The molecule has 4 nitrogen and oxygen atoms in total. The zero-order chi connectivity index (χ0) is 16.9. The molecule has 0 saturated heterocycles. The number of rotatable bonds is 6. The van der Waals surface area contributed by atoms with E-state index in [0.29, 0.717) is 30.7 Å². The SMILES string of the molecule is Cc1cccc(C(C)C)c1NCc1nnc(Cc2ccccc2)o1. The van der Waals surface area contributed by atoms with Crippen LogP contribution in [-0.2, 0) is 13.0 Å². The lowest BCUT2D eigenvalue weighted by Gasteiger charge is -2.16. The summed E-state index contributed by atoms with van der Waals surface area (Å²) in [5, 5.41) is 11.8. The molecule has 4 heteroatoms. The molecule has 24 heavy (non-hydrogen) atoms. The monoisotopic (exact) mass is 321 g/mol. The van der Waals surface area contributed by atoms with Crippen LogP contribution in [0, 0.1) is 6.92 Å². The summed E-state index contributed by atoms with van der Waals surface area (Å²) in [7, 11) is 0. The van der Waals surface area contributed by atoms with Crippen molar-refractivity contribution < 1.29 is 4.42 Å². The van der Waals surface area contributed by atoms with Crippen molar-refractivity contribution in [1.29, 1.82) is 0 Å². The molecule has 0 aliphatic heterocycles. The normalized spacial score (nSPS) is 11.0. The van der Waals surface area contributed by atoms with Gasteiger partial charge in [-0.2, -0.15) is 0 Å². The fraction of sp³-hybridized carbons (Fsp3) is 0.300. The van der Waals surface area contributed by atoms with E-state index in [1.54, 1.807) is 0 Å². The second-order valence-corrected chi connectivity index (χ2v) is 6.30. The molecule has 0 aliphatic carbocycles. The summed E-state index contributed by atoms with van der Waals surface area (Å²) in [5.74, 6) is 1.72. The Hall–Kier alpha value is -2.62. The van der Waals surface area contributed by atoms with Gasteiger partial charge >= 0.3 is 0 Å². The van der Waals surface area contributed by atoms with Crippen molar-refractivity contribution in [3.8, 4) is 0 Å². The molecular formula is C20H23N3O. The molecular weight excluding hydrogens is 298 g/mol. The Morgan fingerprint density at radius 2 is 1.71 bits per heavy atom. The van der Waals surface area contributed by atoms with Crippen molar-refractivity contribution in [3.63, 3.8) is 0 Å². The molecule has 0 amide bonds. The van der Waals surface area contributed by atoms with Crippen LogP contribution in [0.15, 0.2) is 52.9 Å². The second kappa shape index (κ2) is 7.30. The molecule has 1 aromatic heterocycles. The Labute approximate surface area is 142 Å². The first-order valence-corrected chi connectivity index (χ1v) is 8.32. The summed E-state index contributed by atoms with van der Waals surface area (Å²) in [5.41, 5.74) is 4.86. The first-order chi connectivity index (χ1) is 11.6. The summed E-state index contributed by atoms with van der Waals surface area (Å²) in [6.07, 6.45) is 0.662. The van der Waals surface area contributed by atoms with Gasteiger partial charge in [-0.1, -0.05) is 62.4 Å². The van der Waals surface area contributed by atoms with E-state index in [4.69, 9.17) is 4.42 Å². The Morgan fingerprint density at radius 3 is 2.46 bits per heavy atom. The third-order valence-corrected chi connectivity index (χ3v) is 4.05. The fourth-order valence-electron chi connectivity index (χ4n) is 2.78.